The average Bonchev–Trinajstić information content (AvgIpc) is 2.85. The molecule has 1 heterocycles. The molecule has 1 aromatic carbocycles. The number of hydrogen-bond donors (Lipinski definition) is 2. The number of carboxylic acid groups (broad SMARTS) is 1. The zero-order valence-corrected chi connectivity index (χ0v) is 14.4. The molecule has 24 heavy (non-hydrogen) atoms. The van der Waals surface area contributed by atoms with Gasteiger partial charge in [-0.15, -0.1) is 0 Å². The number of carboxylic acids is 1. The van der Waals surface area contributed by atoms with E-state index in [0.717, 1.165) is 36.4 Å². The molecule has 1 aliphatic rings. The molecule has 1 aromatic heterocycles. The van der Waals surface area contributed by atoms with Crippen LogP contribution < -0.4 is 0 Å². The second-order valence-electron chi connectivity index (χ2n) is 6.47. The first-order chi connectivity index (χ1) is 11.2. The summed E-state index contributed by atoms with van der Waals surface area (Å²) < 4.78 is 38.0. The number of carbonyl (C=O) groups is 1. The summed E-state index contributed by atoms with van der Waals surface area (Å²) >= 11 is 0. The maximum Gasteiger partial charge on any atom is 0.307 e. The van der Waals surface area contributed by atoms with Crippen molar-refractivity contribution in [1.29, 1.82) is 0 Å². The predicted octanol–water partition coefficient (Wildman–Crippen LogP) is 3.24. The first-order valence-electron chi connectivity index (χ1n) is 8.00. The highest BCUT2D eigenvalue weighted by Gasteiger charge is 2.34. The molecule has 2 aromatic rings. The van der Waals surface area contributed by atoms with Gasteiger partial charge in [0.05, 0.1) is 16.3 Å². The van der Waals surface area contributed by atoms with Gasteiger partial charge in [-0.1, -0.05) is 6.92 Å². The number of aromatic nitrogens is 1. The summed E-state index contributed by atoms with van der Waals surface area (Å²) in [6.45, 7) is 1.83. The monoisotopic (exact) mass is 353 g/mol. The predicted molar refractivity (Wildman–Crippen MR) is 88.5 cm³/mol. The maximum absolute atomic E-state index is 14.0. The highest BCUT2D eigenvalue weighted by atomic mass is 32.2. The standard InChI is InChI=1S/C17H20FNO4S/c1-3-10(17(20)21)11-5-4-6-12-13-7-9(18)8-14(24(2,22)23)16(13)19-15(11)12/h7-8,10-11,19H,3-6H2,1-2H3,(H,20,21). The average molecular weight is 353 g/mol. The Hall–Kier alpha value is -1.89. The minimum atomic E-state index is -3.60. The second-order valence-corrected chi connectivity index (χ2v) is 8.45. The Kier molecular flexibility index (Phi) is 4.15. The van der Waals surface area contributed by atoms with Gasteiger partial charge in [-0.25, -0.2) is 12.8 Å². The number of aromatic amines is 1. The van der Waals surface area contributed by atoms with Crippen LogP contribution in [-0.4, -0.2) is 30.7 Å². The van der Waals surface area contributed by atoms with Gasteiger partial charge >= 0.3 is 5.97 Å². The molecule has 5 nitrogen and oxygen atoms in total. The van der Waals surface area contributed by atoms with Gasteiger partial charge in [-0.2, -0.15) is 0 Å². The fraction of sp³-hybridized carbons (Fsp3) is 0.471. The van der Waals surface area contributed by atoms with Crippen LogP contribution in [0.15, 0.2) is 17.0 Å². The molecule has 0 saturated heterocycles. The Morgan fingerprint density at radius 3 is 2.75 bits per heavy atom. The third kappa shape index (κ3) is 2.70. The smallest absolute Gasteiger partial charge is 0.307 e. The van der Waals surface area contributed by atoms with Crippen molar-refractivity contribution in [2.75, 3.05) is 6.26 Å². The molecule has 0 aliphatic heterocycles. The van der Waals surface area contributed by atoms with Crippen molar-refractivity contribution in [2.24, 2.45) is 5.92 Å². The molecule has 0 bridgehead atoms. The number of rotatable bonds is 4. The molecule has 0 radical (unpaired) electrons. The first kappa shape index (κ1) is 17.0. The Morgan fingerprint density at radius 2 is 2.17 bits per heavy atom. The molecule has 2 N–H and O–H groups in total. The van der Waals surface area contributed by atoms with E-state index in [9.17, 15) is 22.7 Å². The van der Waals surface area contributed by atoms with Crippen LogP contribution in [0, 0.1) is 11.7 Å². The number of H-pyrrole nitrogens is 1. The molecule has 7 heteroatoms. The first-order valence-corrected chi connectivity index (χ1v) is 9.90. The molecule has 2 atom stereocenters. The van der Waals surface area contributed by atoms with Gasteiger partial charge in [0.2, 0.25) is 0 Å². The Labute approximate surface area is 139 Å². The Balaban J connectivity index is 2.28. The second kappa shape index (κ2) is 5.88. The summed E-state index contributed by atoms with van der Waals surface area (Å²) in [5.74, 6) is -2.21. The van der Waals surface area contributed by atoms with Crippen molar-refractivity contribution in [3.63, 3.8) is 0 Å². The van der Waals surface area contributed by atoms with Gasteiger partial charge in [0.15, 0.2) is 9.84 Å². The van der Waals surface area contributed by atoms with E-state index in [1.165, 1.54) is 6.07 Å². The van der Waals surface area contributed by atoms with Gasteiger partial charge in [0.1, 0.15) is 5.82 Å². The lowest BCUT2D eigenvalue weighted by Gasteiger charge is -2.27. The third-order valence-electron chi connectivity index (χ3n) is 4.93. The van der Waals surface area contributed by atoms with Crippen LogP contribution in [0.3, 0.4) is 0 Å². The minimum absolute atomic E-state index is 0.0750. The molecule has 1 aliphatic carbocycles. The van der Waals surface area contributed by atoms with Gasteiger partial charge in [0, 0.05) is 23.3 Å². The van der Waals surface area contributed by atoms with Crippen LogP contribution in [0.4, 0.5) is 4.39 Å². The Bertz CT molecular complexity index is 916. The van der Waals surface area contributed by atoms with Crippen molar-refractivity contribution >= 4 is 26.7 Å². The highest BCUT2D eigenvalue weighted by Crippen LogP contribution is 2.42. The van der Waals surface area contributed by atoms with Crippen molar-refractivity contribution < 1.29 is 22.7 Å². The number of sulfone groups is 1. The van der Waals surface area contributed by atoms with E-state index in [1.807, 2.05) is 6.92 Å². The zero-order chi connectivity index (χ0) is 17.6. The molecule has 0 fully saturated rings. The molecular weight excluding hydrogens is 333 g/mol. The van der Waals surface area contributed by atoms with Gasteiger partial charge in [-0.3, -0.25) is 4.79 Å². The summed E-state index contributed by atoms with van der Waals surface area (Å²) in [4.78, 5) is 14.6. The molecule has 0 saturated carbocycles. The molecular formula is C17H20FNO4S. The van der Waals surface area contributed by atoms with E-state index < -0.39 is 27.5 Å². The maximum atomic E-state index is 14.0. The number of fused-ring (bicyclic) bond motifs is 3. The van der Waals surface area contributed by atoms with Crippen LogP contribution in [0.2, 0.25) is 0 Å². The van der Waals surface area contributed by atoms with Crippen LogP contribution >= 0.6 is 0 Å². The van der Waals surface area contributed by atoms with E-state index in [4.69, 9.17) is 0 Å². The van der Waals surface area contributed by atoms with E-state index >= 15 is 0 Å². The van der Waals surface area contributed by atoms with Crippen molar-refractivity contribution in [1.82, 2.24) is 4.98 Å². The third-order valence-corrected chi connectivity index (χ3v) is 6.05. The lowest BCUT2D eigenvalue weighted by atomic mass is 9.78. The largest absolute Gasteiger partial charge is 0.481 e. The van der Waals surface area contributed by atoms with Crippen LogP contribution in [0.5, 0.6) is 0 Å². The van der Waals surface area contributed by atoms with E-state index in [0.29, 0.717) is 23.7 Å². The van der Waals surface area contributed by atoms with E-state index in [-0.39, 0.29) is 10.8 Å². The van der Waals surface area contributed by atoms with Crippen LogP contribution in [0.25, 0.3) is 10.9 Å². The quantitative estimate of drug-likeness (QED) is 0.883. The Morgan fingerprint density at radius 1 is 1.46 bits per heavy atom. The SMILES string of the molecule is CCC(C(=O)O)C1CCCc2c1[nH]c1c(S(C)(=O)=O)cc(F)cc21. The highest BCUT2D eigenvalue weighted by molar-refractivity contribution is 7.91. The van der Waals surface area contributed by atoms with Gasteiger partial charge in [-0.05, 0) is 43.4 Å². The number of aliphatic carboxylic acids is 1. The number of nitrogens with one attached hydrogen (secondary N) is 1. The number of hydrogen-bond acceptors (Lipinski definition) is 3. The van der Waals surface area contributed by atoms with E-state index in [1.54, 1.807) is 0 Å². The number of aryl methyl sites for hydroxylation is 1. The van der Waals surface area contributed by atoms with Crippen LogP contribution in [0.1, 0.15) is 43.4 Å². The van der Waals surface area contributed by atoms with E-state index in [2.05, 4.69) is 4.98 Å². The van der Waals surface area contributed by atoms with Gasteiger partial charge < -0.3 is 10.1 Å². The molecule has 130 valence electrons. The summed E-state index contributed by atoms with van der Waals surface area (Å²) in [6.07, 6.45) is 3.75. The number of halogens is 1. The lowest BCUT2D eigenvalue weighted by Crippen LogP contribution is -2.24. The lowest BCUT2D eigenvalue weighted by molar-refractivity contribution is -0.142. The van der Waals surface area contributed by atoms with Crippen molar-refractivity contribution in [2.45, 2.75) is 43.4 Å². The molecule has 3 rings (SSSR count). The summed E-state index contributed by atoms with van der Waals surface area (Å²) in [5, 5.41) is 10.0. The van der Waals surface area contributed by atoms with Crippen molar-refractivity contribution in [3.8, 4) is 0 Å². The fourth-order valence-electron chi connectivity index (χ4n) is 3.86. The summed E-state index contributed by atoms with van der Waals surface area (Å²) in [6, 6.07) is 2.35. The number of benzene rings is 1. The van der Waals surface area contributed by atoms with Crippen LogP contribution in [-0.2, 0) is 21.1 Å². The molecule has 0 spiro atoms. The normalized spacial score (nSPS) is 19.2. The fourth-order valence-corrected chi connectivity index (χ4v) is 4.72. The molecule has 0 amide bonds. The summed E-state index contributed by atoms with van der Waals surface area (Å²) in [5.41, 5.74) is 1.99. The summed E-state index contributed by atoms with van der Waals surface area (Å²) in [7, 11) is -3.60. The van der Waals surface area contributed by atoms with Crippen molar-refractivity contribution in [3.05, 3.63) is 29.2 Å². The topological polar surface area (TPSA) is 87.2 Å². The van der Waals surface area contributed by atoms with Gasteiger partial charge in [0.25, 0.3) is 0 Å². The zero-order valence-electron chi connectivity index (χ0n) is 13.6. The minimum Gasteiger partial charge on any atom is -0.481 e. The molecule has 2 unspecified atom stereocenters.